The van der Waals surface area contributed by atoms with Crippen molar-refractivity contribution in [2.24, 2.45) is 0 Å². The Morgan fingerprint density at radius 1 is 1.04 bits per heavy atom. The third-order valence-corrected chi connectivity index (χ3v) is 5.02. The Morgan fingerprint density at radius 3 is 2.61 bits per heavy atom. The second-order valence-corrected chi connectivity index (χ2v) is 7.25. The van der Waals surface area contributed by atoms with E-state index in [-0.39, 0.29) is 11.9 Å². The van der Waals surface area contributed by atoms with Gasteiger partial charge < -0.3 is 10.2 Å². The molecule has 1 aromatic heterocycles. The van der Waals surface area contributed by atoms with Crippen LogP contribution in [0.15, 0.2) is 66.9 Å². The lowest BCUT2D eigenvalue weighted by Crippen LogP contribution is -2.33. The van der Waals surface area contributed by atoms with Crippen LogP contribution in [0.2, 0.25) is 0 Å². The lowest BCUT2D eigenvalue weighted by atomic mass is 10.1. The summed E-state index contributed by atoms with van der Waals surface area (Å²) in [5.41, 5.74) is 3.55. The Balaban J connectivity index is 1.38. The number of amides is 1. The number of carbonyl (C=O) groups excluding carboxylic acids is 1. The molecule has 1 amide bonds. The van der Waals surface area contributed by atoms with Crippen LogP contribution in [-0.2, 0) is 17.8 Å². The van der Waals surface area contributed by atoms with Crippen LogP contribution < -0.4 is 5.32 Å². The average molecular weight is 372 g/mol. The van der Waals surface area contributed by atoms with Crippen LogP contribution in [0.5, 0.6) is 0 Å². The van der Waals surface area contributed by atoms with Crippen molar-refractivity contribution in [3.8, 4) is 0 Å². The predicted octanol–water partition coefficient (Wildman–Crippen LogP) is 3.59. The zero-order valence-corrected chi connectivity index (χ0v) is 16.0. The van der Waals surface area contributed by atoms with Gasteiger partial charge in [0.1, 0.15) is 17.7 Å². The fourth-order valence-corrected chi connectivity index (χ4v) is 3.47. The normalized spacial score (nSPS) is 16.4. The van der Waals surface area contributed by atoms with E-state index in [1.165, 1.54) is 11.1 Å². The molecule has 2 aromatic carbocycles. The number of aryl methyl sites for hydroxylation is 1. The fourth-order valence-electron chi connectivity index (χ4n) is 3.47. The summed E-state index contributed by atoms with van der Waals surface area (Å²) in [7, 11) is 0. The summed E-state index contributed by atoms with van der Waals surface area (Å²) in [6.07, 6.45) is 3.20. The second-order valence-electron chi connectivity index (χ2n) is 7.25. The molecule has 3 aromatic rings. The molecule has 1 N–H and O–H groups in total. The van der Waals surface area contributed by atoms with Crippen molar-refractivity contribution in [3.05, 3.63) is 89.4 Å². The molecule has 0 saturated carbocycles. The van der Waals surface area contributed by atoms with Crippen molar-refractivity contribution >= 4 is 11.7 Å². The predicted molar refractivity (Wildman–Crippen MR) is 110 cm³/mol. The first kappa shape index (κ1) is 18.2. The lowest BCUT2D eigenvalue weighted by Gasteiger charge is -2.17. The highest BCUT2D eigenvalue weighted by Crippen LogP contribution is 2.19. The molecular weight excluding hydrogens is 348 g/mol. The smallest absolute Gasteiger partial charge is 0.245 e. The van der Waals surface area contributed by atoms with Gasteiger partial charge in [-0.15, -0.1) is 0 Å². The molecule has 1 unspecified atom stereocenters. The number of hydrogen-bond donors (Lipinski definition) is 1. The van der Waals surface area contributed by atoms with Crippen LogP contribution in [0.25, 0.3) is 0 Å². The molecule has 0 aliphatic carbocycles. The molecule has 28 heavy (non-hydrogen) atoms. The number of hydrogen-bond acceptors (Lipinski definition) is 4. The average Bonchev–Trinajstić information content (AvgIpc) is 3.04. The first-order valence-corrected chi connectivity index (χ1v) is 9.64. The summed E-state index contributed by atoms with van der Waals surface area (Å²) in [5.74, 6) is 1.58. The third kappa shape index (κ3) is 4.36. The highest BCUT2D eigenvalue weighted by atomic mass is 16.2. The van der Waals surface area contributed by atoms with E-state index in [1.807, 2.05) is 29.2 Å². The SMILES string of the molecule is Cc1ccc(CN2CCC(Nc3ccnc(Cc4ccccc4)n3)C2=O)cc1. The molecule has 5 heteroatoms. The highest BCUT2D eigenvalue weighted by Gasteiger charge is 2.31. The van der Waals surface area contributed by atoms with Crippen molar-refractivity contribution in [1.82, 2.24) is 14.9 Å². The Morgan fingerprint density at radius 2 is 1.82 bits per heavy atom. The van der Waals surface area contributed by atoms with Gasteiger partial charge in [-0.2, -0.15) is 0 Å². The van der Waals surface area contributed by atoms with Gasteiger partial charge in [-0.05, 0) is 30.5 Å². The summed E-state index contributed by atoms with van der Waals surface area (Å²) in [5, 5.41) is 3.30. The minimum absolute atomic E-state index is 0.129. The van der Waals surface area contributed by atoms with E-state index in [4.69, 9.17) is 0 Å². The Labute approximate surface area is 165 Å². The molecular formula is C23H24N4O. The van der Waals surface area contributed by atoms with Crippen molar-refractivity contribution in [1.29, 1.82) is 0 Å². The maximum atomic E-state index is 12.8. The number of aromatic nitrogens is 2. The molecule has 1 atom stereocenters. The summed E-state index contributed by atoms with van der Waals surface area (Å²) < 4.78 is 0. The van der Waals surface area contributed by atoms with Gasteiger partial charge in [-0.3, -0.25) is 4.79 Å². The Hall–Kier alpha value is -3.21. The molecule has 0 radical (unpaired) electrons. The molecule has 0 spiro atoms. The van der Waals surface area contributed by atoms with Gasteiger partial charge >= 0.3 is 0 Å². The second kappa shape index (κ2) is 8.21. The number of carbonyl (C=O) groups is 1. The first-order chi connectivity index (χ1) is 13.7. The minimum atomic E-state index is -0.232. The molecule has 2 heterocycles. The van der Waals surface area contributed by atoms with Crippen LogP contribution >= 0.6 is 0 Å². The van der Waals surface area contributed by atoms with E-state index in [1.54, 1.807) is 6.20 Å². The van der Waals surface area contributed by atoms with Crippen LogP contribution in [0.1, 0.15) is 28.9 Å². The highest BCUT2D eigenvalue weighted by molar-refractivity contribution is 5.86. The Bertz CT molecular complexity index is 940. The van der Waals surface area contributed by atoms with Crippen LogP contribution in [0.3, 0.4) is 0 Å². The van der Waals surface area contributed by atoms with E-state index >= 15 is 0 Å². The topological polar surface area (TPSA) is 58.1 Å². The number of benzene rings is 2. The third-order valence-electron chi connectivity index (χ3n) is 5.02. The largest absolute Gasteiger partial charge is 0.358 e. The van der Waals surface area contributed by atoms with Gasteiger partial charge in [0.25, 0.3) is 0 Å². The molecule has 0 bridgehead atoms. The lowest BCUT2D eigenvalue weighted by molar-refractivity contribution is -0.128. The van der Waals surface area contributed by atoms with Crippen LogP contribution in [-0.4, -0.2) is 33.4 Å². The molecule has 1 aliphatic heterocycles. The summed E-state index contributed by atoms with van der Waals surface area (Å²) >= 11 is 0. The van der Waals surface area contributed by atoms with Crippen molar-refractivity contribution < 1.29 is 4.79 Å². The quantitative estimate of drug-likeness (QED) is 0.718. The van der Waals surface area contributed by atoms with E-state index in [2.05, 4.69) is 58.6 Å². The maximum absolute atomic E-state index is 12.8. The number of nitrogens with zero attached hydrogens (tertiary/aromatic N) is 3. The standard InChI is InChI=1S/C23H24N4O/c1-17-7-9-19(10-8-17)16-27-14-12-20(23(27)28)25-21-11-13-24-22(26-21)15-18-5-3-2-4-6-18/h2-11,13,20H,12,14-16H2,1H3,(H,24,25,26). The van der Waals surface area contributed by atoms with Crippen LogP contribution in [0.4, 0.5) is 5.82 Å². The van der Waals surface area contributed by atoms with Crippen molar-refractivity contribution in [3.63, 3.8) is 0 Å². The zero-order chi connectivity index (χ0) is 19.3. The molecule has 5 nitrogen and oxygen atoms in total. The molecule has 1 fully saturated rings. The van der Waals surface area contributed by atoms with E-state index < -0.39 is 0 Å². The minimum Gasteiger partial charge on any atom is -0.358 e. The summed E-state index contributed by atoms with van der Waals surface area (Å²) in [4.78, 5) is 23.6. The molecule has 4 rings (SSSR count). The zero-order valence-electron chi connectivity index (χ0n) is 16.0. The van der Waals surface area contributed by atoms with E-state index in [0.29, 0.717) is 18.8 Å². The van der Waals surface area contributed by atoms with Gasteiger partial charge in [0, 0.05) is 25.7 Å². The van der Waals surface area contributed by atoms with Crippen LogP contribution in [0, 0.1) is 6.92 Å². The number of nitrogens with one attached hydrogen (secondary N) is 1. The maximum Gasteiger partial charge on any atom is 0.245 e. The van der Waals surface area contributed by atoms with Gasteiger partial charge in [-0.1, -0.05) is 60.2 Å². The monoisotopic (exact) mass is 372 g/mol. The number of anilines is 1. The first-order valence-electron chi connectivity index (χ1n) is 9.64. The van der Waals surface area contributed by atoms with Crippen molar-refractivity contribution in [2.45, 2.75) is 32.4 Å². The van der Waals surface area contributed by atoms with E-state index in [0.717, 1.165) is 24.4 Å². The summed E-state index contributed by atoms with van der Waals surface area (Å²) in [6.45, 7) is 3.48. The number of rotatable bonds is 6. The van der Waals surface area contributed by atoms with Gasteiger partial charge in [0.05, 0.1) is 0 Å². The fraction of sp³-hybridized carbons (Fsp3) is 0.261. The molecule has 142 valence electrons. The van der Waals surface area contributed by atoms with Gasteiger partial charge in [0.2, 0.25) is 5.91 Å². The van der Waals surface area contributed by atoms with Crippen molar-refractivity contribution in [2.75, 3.05) is 11.9 Å². The van der Waals surface area contributed by atoms with Gasteiger partial charge in [-0.25, -0.2) is 9.97 Å². The van der Waals surface area contributed by atoms with Gasteiger partial charge in [0.15, 0.2) is 0 Å². The number of likely N-dealkylation sites (tertiary alicyclic amines) is 1. The summed E-state index contributed by atoms with van der Waals surface area (Å²) in [6, 6.07) is 20.1. The Kier molecular flexibility index (Phi) is 5.33. The molecule has 1 saturated heterocycles. The molecule has 1 aliphatic rings. The van der Waals surface area contributed by atoms with E-state index in [9.17, 15) is 4.79 Å².